The minimum Gasteiger partial charge on any atom is -0.271 e. The Morgan fingerprint density at radius 3 is 2.03 bits per heavy atom. The van der Waals surface area contributed by atoms with Crippen LogP contribution in [0.3, 0.4) is 0 Å². The van der Waals surface area contributed by atoms with E-state index in [1.54, 1.807) is 50.2 Å². The summed E-state index contributed by atoms with van der Waals surface area (Å²) in [6, 6.07) is 11.8. The largest absolute Gasteiger partial charge is 0.290 e. The first-order valence-corrected chi connectivity index (χ1v) is 11.3. The molecule has 1 unspecified atom stereocenters. The number of aromatic nitrogens is 2. The highest BCUT2D eigenvalue weighted by molar-refractivity contribution is 6.23. The number of fused-ring (bicyclic) bond motifs is 2. The van der Waals surface area contributed by atoms with Crippen molar-refractivity contribution in [3.63, 3.8) is 0 Å². The predicted octanol–water partition coefficient (Wildman–Crippen LogP) is 1.89. The number of hydrogen-bond donors (Lipinski definition) is 2. The number of hydrazine groups is 1. The third-order valence-corrected chi connectivity index (χ3v) is 5.82. The average Bonchev–Trinajstić information content (AvgIpc) is 3.10. The Labute approximate surface area is 200 Å². The van der Waals surface area contributed by atoms with Crippen LogP contribution in [-0.2, 0) is 11.3 Å². The molecule has 3 aromatic rings. The summed E-state index contributed by atoms with van der Waals surface area (Å²) in [7, 11) is 0. The third-order valence-electron chi connectivity index (χ3n) is 5.82. The Balaban J connectivity index is 1.58. The molecular formula is C25H25N5O5. The summed E-state index contributed by atoms with van der Waals surface area (Å²) in [6.45, 7) is 5.61. The summed E-state index contributed by atoms with van der Waals surface area (Å²) >= 11 is 0. The van der Waals surface area contributed by atoms with Gasteiger partial charge in [-0.3, -0.25) is 39.7 Å². The average molecular weight is 476 g/mol. The van der Waals surface area contributed by atoms with Crippen molar-refractivity contribution in [3.8, 4) is 0 Å². The van der Waals surface area contributed by atoms with Gasteiger partial charge in [-0.1, -0.05) is 51.1 Å². The van der Waals surface area contributed by atoms with Crippen LogP contribution in [0.5, 0.6) is 0 Å². The van der Waals surface area contributed by atoms with Gasteiger partial charge in [0, 0.05) is 11.9 Å². The number of imide groups is 1. The molecule has 10 heteroatoms. The summed E-state index contributed by atoms with van der Waals surface area (Å²) in [5, 5.41) is 4.88. The molecule has 0 aliphatic carbocycles. The van der Waals surface area contributed by atoms with Gasteiger partial charge in [0.2, 0.25) is 0 Å². The quantitative estimate of drug-likeness (QED) is 0.414. The lowest BCUT2D eigenvalue weighted by molar-refractivity contribution is -0.127. The van der Waals surface area contributed by atoms with Crippen LogP contribution in [0.2, 0.25) is 0 Å². The van der Waals surface area contributed by atoms with Crippen LogP contribution in [-0.4, -0.2) is 44.4 Å². The number of nitrogens with zero attached hydrogens (tertiary/aromatic N) is 3. The van der Waals surface area contributed by atoms with Gasteiger partial charge in [-0.05, 0) is 30.5 Å². The maximum Gasteiger partial charge on any atom is 0.290 e. The molecule has 0 radical (unpaired) electrons. The molecule has 1 aliphatic heterocycles. The second-order valence-corrected chi connectivity index (χ2v) is 8.58. The van der Waals surface area contributed by atoms with Crippen LogP contribution in [0.25, 0.3) is 10.8 Å². The Bertz CT molecular complexity index is 1380. The molecule has 0 spiro atoms. The van der Waals surface area contributed by atoms with Crippen molar-refractivity contribution in [1.29, 1.82) is 0 Å². The van der Waals surface area contributed by atoms with Crippen molar-refractivity contribution in [3.05, 3.63) is 75.7 Å². The lowest BCUT2D eigenvalue weighted by Crippen LogP contribution is -2.56. The van der Waals surface area contributed by atoms with Gasteiger partial charge in [-0.25, -0.2) is 4.68 Å². The Kier molecular flexibility index (Phi) is 6.46. The minimum absolute atomic E-state index is 0.0317. The Hall–Kier alpha value is -4.34. The first kappa shape index (κ1) is 23.8. The number of amides is 4. The molecule has 0 bridgehead atoms. The molecule has 0 saturated heterocycles. The summed E-state index contributed by atoms with van der Waals surface area (Å²) < 4.78 is 1.22. The standard InChI is InChI=1S/C25H25N5O5/c1-4-13-29-23(33)16-10-6-5-9-15(16)19(28-29)21(31)26-27-22(32)20(14(2)3)30-24(34)17-11-7-8-12-18(17)25(30)35/h5-12,14,20H,4,13H2,1-3H3,(H,26,31)(H,27,32). The lowest BCUT2D eigenvalue weighted by atomic mass is 10.0. The van der Waals surface area contributed by atoms with Crippen molar-refractivity contribution in [2.24, 2.45) is 5.92 Å². The number of nitrogens with one attached hydrogen (secondary N) is 2. The van der Waals surface area contributed by atoms with Crippen molar-refractivity contribution in [1.82, 2.24) is 25.5 Å². The van der Waals surface area contributed by atoms with E-state index in [0.29, 0.717) is 23.7 Å². The fourth-order valence-corrected chi connectivity index (χ4v) is 4.20. The van der Waals surface area contributed by atoms with Crippen LogP contribution in [0.1, 0.15) is 58.4 Å². The van der Waals surface area contributed by atoms with E-state index in [-0.39, 0.29) is 22.4 Å². The first-order chi connectivity index (χ1) is 16.8. The molecule has 4 rings (SSSR count). The van der Waals surface area contributed by atoms with E-state index in [4.69, 9.17) is 0 Å². The molecule has 1 aliphatic rings. The van der Waals surface area contributed by atoms with Crippen LogP contribution in [0.4, 0.5) is 0 Å². The van der Waals surface area contributed by atoms with Gasteiger partial charge in [-0.2, -0.15) is 5.10 Å². The summed E-state index contributed by atoms with van der Waals surface area (Å²) in [5.74, 6) is -3.02. The van der Waals surface area contributed by atoms with Crippen LogP contribution >= 0.6 is 0 Å². The molecule has 1 atom stereocenters. The molecule has 2 heterocycles. The molecule has 10 nitrogen and oxygen atoms in total. The topological polar surface area (TPSA) is 130 Å². The van der Waals surface area contributed by atoms with Gasteiger partial charge >= 0.3 is 0 Å². The highest BCUT2D eigenvalue weighted by atomic mass is 16.2. The van der Waals surface area contributed by atoms with Gasteiger partial charge in [0.1, 0.15) is 6.04 Å². The predicted molar refractivity (Wildman–Crippen MR) is 127 cm³/mol. The van der Waals surface area contributed by atoms with E-state index in [9.17, 15) is 24.0 Å². The zero-order chi connectivity index (χ0) is 25.3. The number of carbonyl (C=O) groups is 4. The molecule has 35 heavy (non-hydrogen) atoms. The molecular weight excluding hydrogens is 450 g/mol. The number of hydrogen-bond acceptors (Lipinski definition) is 6. The van der Waals surface area contributed by atoms with E-state index in [2.05, 4.69) is 16.0 Å². The zero-order valence-electron chi connectivity index (χ0n) is 19.6. The second-order valence-electron chi connectivity index (χ2n) is 8.58. The van der Waals surface area contributed by atoms with Crippen molar-refractivity contribution < 1.29 is 19.2 Å². The van der Waals surface area contributed by atoms with Gasteiger partial charge in [0.05, 0.1) is 16.5 Å². The maximum absolute atomic E-state index is 13.1. The Morgan fingerprint density at radius 2 is 1.46 bits per heavy atom. The monoisotopic (exact) mass is 475 g/mol. The highest BCUT2D eigenvalue weighted by Crippen LogP contribution is 2.27. The third kappa shape index (κ3) is 4.18. The molecule has 1 aromatic heterocycles. The molecule has 0 fully saturated rings. The maximum atomic E-state index is 13.1. The van der Waals surface area contributed by atoms with Crippen LogP contribution in [0, 0.1) is 5.92 Å². The van der Waals surface area contributed by atoms with E-state index in [1.807, 2.05) is 6.92 Å². The summed E-state index contributed by atoms with van der Waals surface area (Å²) in [4.78, 5) is 65.4. The molecule has 2 aromatic carbocycles. The molecule has 0 saturated carbocycles. The number of aryl methyl sites for hydroxylation is 1. The highest BCUT2D eigenvalue weighted by Gasteiger charge is 2.44. The normalized spacial score (nSPS) is 13.8. The number of rotatable bonds is 6. The SMILES string of the molecule is CCCn1nc(C(=O)NNC(=O)C(C(C)C)N2C(=O)c3ccccc3C2=O)c2ccccc2c1=O. The smallest absolute Gasteiger partial charge is 0.271 e. The second kappa shape index (κ2) is 9.49. The Morgan fingerprint density at radius 1 is 0.886 bits per heavy atom. The van der Waals surface area contributed by atoms with Gasteiger partial charge in [-0.15, -0.1) is 0 Å². The number of carbonyl (C=O) groups excluding carboxylic acids is 4. The van der Waals surface area contributed by atoms with Crippen molar-refractivity contribution >= 4 is 34.4 Å². The summed E-state index contributed by atoms with van der Waals surface area (Å²) in [6.07, 6.45) is 0.638. The van der Waals surface area contributed by atoms with Crippen LogP contribution < -0.4 is 16.4 Å². The molecule has 2 N–H and O–H groups in total. The molecule has 180 valence electrons. The van der Waals surface area contributed by atoms with E-state index in [1.165, 1.54) is 16.8 Å². The van der Waals surface area contributed by atoms with Gasteiger partial charge in [0.15, 0.2) is 5.69 Å². The number of benzene rings is 2. The minimum atomic E-state index is -1.15. The first-order valence-electron chi connectivity index (χ1n) is 11.3. The van der Waals surface area contributed by atoms with Gasteiger partial charge in [0.25, 0.3) is 29.2 Å². The van der Waals surface area contributed by atoms with Crippen molar-refractivity contribution in [2.45, 2.75) is 39.8 Å². The van der Waals surface area contributed by atoms with Crippen LogP contribution in [0.15, 0.2) is 53.3 Å². The van der Waals surface area contributed by atoms with E-state index in [0.717, 1.165) is 4.90 Å². The fourth-order valence-electron chi connectivity index (χ4n) is 4.20. The van der Waals surface area contributed by atoms with Crippen molar-refractivity contribution in [2.75, 3.05) is 0 Å². The zero-order valence-corrected chi connectivity index (χ0v) is 19.6. The van der Waals surface area contributed by atoms with E-state index < -0.39 is 35.6 Å². The fraction of sp³-hybridized carbons (Fsp3) is 0.280. The molecule has 4 amide bonds. The van der Waals surface area contributed by atoms with E-state index >= 15 is 0 Å². The summed E-state index contributed by atoms with van der Waals surface area (Å²) in [5.41, 5.74) is 4.77. The van der Waals surface area contributed by atoms with Gasteiger partial charge < -0.3 is 0 Å². The lowest BCUT2D eigenvalue weighted by Gasteiger charge is -2.28.